The molecule has 0 N–H and O–H groups in total. The van der Waals surface area contributed by atoms with Crippen LogP contribution in [0, 0.1) is 0 Å². The van der Waals surface area contributed by atoms with Crippen molar-refractivity contribution < 1.29 is 19.0 Å². The zero-order valence-electron chi connectivity index (χ0n) is 7.41. The Bertz CT molecular complexity index is 157. The van der Waals surface area contributed by atoms with Gasteiger partial charge in [0.05, 0.1) is 6.42 Å². The Balaban J connectivity index is 2.18. The Labute approximate surface area is 71.8 Å². The highest BCUT2D eigenvalue weighted by Gasteiger charge is 2.25. The van der Waals surface area contributed by atoms with Crippen molar-refractivity contribution in [3.8, 4) is 0 Å². The molecule has 1 fully saturated rings. The molecule has 0 spiro atoms. The van der Waals surface area contributed by atoms with Gasteiger partial charge in [0.2, 0.25) is 0 Å². The van der Waals surface area contributed by atoms with Crippen LogP contribution in [0.4, 0.5) is 0 Å². The Morgan fingerprint density at radius 1 is 1.75 bits per heavy atom. The summed E-state index contributed by atoms with van der Waals surface area (Å²) in [5.41, 5.74) is 0. The Morgan fingerprint density at radius 2 is 2.50 bits per heavy atom. The van der Waals surface area contributed by atoms with E-state index in [-0.39, 0.29) is 18.4 Å². The van der Waals surface area contributed by atoms with Gasteiger partial charge in [-0.05, 0) is 13.8 Å². The lowest BCUT2D eigenvalue weighted by atomic mass is 10.3. The minimum atomic E-state index is -0.255. The van der Waals surface area contributed by atoms with Gasteiger partial charge >= 0.3 is 5.97 Å². The summed E-state index contributed by atoms with van der Waals surface area (Å²) in [6.07, 6.45) is -0.0363. The average molecular weight is 174 g/mol. The highest BCUT2D eigenvalue weighted by molar-refractivity contribution is 5.71. The molecule has 2 unspecified atom stereocenters. The van der Waals surface area contributed by atoms with Crippen LogP contribution in [0.3, 0.4) is 0 Å². The van der Waals surface area contributed by atoms with Gasteiger partial charge in [0.1, 0.15) is 12.7 Å². The lowest BCUT2D eigenvalue weighted by Gasteiger charge is -2.15. The summed E-state index contributed by atoms with van der Waals surface area (Å²) in [5, 5.41) is 0. The number of hydrogen-bond acceptors (Lipinski definition) is 4. The maximum atomic E-state index is 10.6. The first kappa shape index (κ1) is 9.48. The molecular weight excluding hydrogens is 160 g/mol. The van der Waals surface area contributed by atoms with Crippen LogP contribution in [0.1, 0.15) is 20.3 Å². The minimum Gasteiger partial charge on any atom is -0.463 e. The summed E-state index contributed by atoms with van der Waals surface area (Å²) >= 11 is 0. The highest BCUT2D eigenvalue weighted by atomic mass is 16.7. The van der Waals surface area contributed by atoms with E-state index in [0.717, 1.165) is 0 Å². The molecule has 0 aliphatic carbocycles. The molecule has 4 nitrogen and oxygen atoms in total. The molecule has 0 bridgehead atoms. The molecule has 0 aromatic carbocycles. The van der Waals surface area contributed by atoms with E-state index in [1.54, 1.807) is 0 Å². The van der Waals surface area contributed by atoms with E-state index in [1.807, 2.05) is 13.8 Å². The number of rotatable bonds is 4. The molecule has 0 saturated carbocycles. The zero-order valence-corrected chi connectivity index (χ0v) is 7.41. The van der Waals surface area contributed by atoms with Crippen molar-refractivity contribution in [3.63, 3.8) is 0 Å². The number of ether oxygens (including phenoxy) is 3. The fourth-order valence-corrected chi connectivity index (χ4v) is 1.12. The summed E-state index contributed by atoms with van der Waals surface area (Å²) in [4.78, 5) is 10.6. The van der Waals surface area contributed by atoms with Gasteiger partial charge < -0.3 is 14.2 Å². The molecule has 2 atom stereocenters. The second-order valence-electron chi connectivity index (χ2n) is 2.67. The predicted octanol–water partition coefficient (Wildman–Crippen LogP) is 0.701. The maximum Gasteiger partial charge on any atom is 0.308 e. The lowest BCUT2D eigenvalue weighted by Crippen LogP contribution is -2.22. The second-order valence-corrected chi connectivity index (χ2v) is 2.67. The Hall–Kier alpha value is -0.610. The van der Waals surface area contributed by atoms with Crippen LogP contribution in [0.5, 0.6) is 0 Å². The highest BCUT2D eigenvalue weighted by Crippen LogP contribution is 2.12. The van der Waals surface area contributed by atoms with Crippen molar-refractivity contribution in [3.05, 3.63) is 0 Å². The second kappa shape index (κ2) is 4.42. The largest absolute Gasteiger partial charge is 0.463 e. The van der Waals surface area contributed by atoms with E-state index in [4.69, 9.17) is 14.2 Å². The SMILES string of the molecule is CCOC(C)OC1COC(=O)C1. The maximum absolute atomic E-state index is 10.6. The summed E-state index contributed by atoms with van der Waals surface area (Å²) < 4.78 is 15.2. The van der Waals surface area contributed by atoms with E-state index < -0.39 is 0 Å². The molecule has 70 valence electrons. The first-order chi connectivity index (χ1) is 5.72. The van der Waals surface area contributed by atoms with Crippen LogP contribution in [0.2, 0.25) is 0 Å². The minimum absolute atomic E-state index is 0.126. The molecule has 0 aromatic rings. The van der Waals surface area contributed by atoms with Crippen LogP contribution >= 0.6 is 0 Å². The van der Waals surface area contributed by atoms with Gasteiger partial charge in [0.15, 0.2) is 6.29 Å². The quantitative estimate of drug-likeness (QED) is 0.465. The van der Waals surface area contributed by atoms with Crippen molar-refractivity contribution in [1.82, 2.24) is 0 Å². The van der Waals surface area contributed by atoms with E-state index in [2.05, 4.69) is 0 Å². The van der Waals surface area contributed by atoms with Crippen molar-refractivity contribution >= 4 is 5.97 Å². The number of hydrogen-bond donors (Lipinski definition) is 0. The zero-order chi connectivity index (χ0) is 8.97. The van der Waals surface area contributed by atoms with Crippen LogP contribution in [-0.2, 0) is 19.0 Å². The number of carbonyl (C=O) groups is 1. The molecule has 0 amide bonds. The fourth-order valence-electron chi connectivity index (χ4n) is 1.12. The van der Waals surface area contributed by atoms with Gasteiger partial charge in [-0.2, -0.15) is 0 Å². The Kier molecular flexibility index (Phi) is 3.49. The topological polar surface area (TPSA) is 44.8 Å². The van der Waals surface area contributed by atoms with Gasteiger partial charge in [-0.3, -0.25) is 4.79 Å². The Morgan fingerprint density at radius 3 is 3.00 bits per heavy atom. The van der Waals surface area contributed by atoms with E-state index in [1.165, 1.54) is 0 Å². The van der Waals surface area contributed by atoms with Crippen molar-refractivity contribution in [2.24, 2.45) is 0 Å². The van der Waals surface area contributed by atoms with Crippen LogP contribution in [0.25, 0.3) is 0 Å². The van der Waals surface area contributed by atoms with Gasteiger partial charge in [0.25, 0.3) is 0 Å². The lowest BCUT2D eigenvalue weighted by molar-refractivity contribution is -0.156. The summed E-state index contributed by atoms with van der Waals surface area (Å²) in [6, 6.07) is 0. The van der Waals surface area contributed by atoms with Gasteiger partial charge in [0, 0.05) is 6.61 Å². The van der Waals surface area contributed by atoms with Crippen molar-refractivity contribution in [2.45, 2.75) is 32.7 Å². The van der Waals surface area contributed by atoms with Gasteiger partial charge in [-0.1, -0.05) is 0 Å². The molecule has 1 aliphatic heterocycles. The predicted molar refractivity (Wildman–Crippen MR) is 41.5 cm³/mol. The van der Waals surface area contributed by atoms with E-state index in [9.17, 15) is 4.79 Å². The molecule has 0 radical (unpaired) electrons. The molecule has 0 aromatic heterocycles. The summed E-state index contributed by atoms with van der Waals surface area (Å²) in [7, 11) is 0. The third-order valence-corrected chi connectivity index (χ3v) is 1.61. The van der Waals surface area contributed by atoms with E-state index in [0.29, 0.717) is 19.6 Å². The van der Waals surface area contributed by atoms with E-state index >= 15 is 0 Å². The molecule has 12 heavy (non-hydrogen) atoms. The first-order valence-electron chi connectivity index (χ1n) is 4.15. The van der Waals surface area contributed by atoms with Crippen molar-refractivity contribution in [2.75, 3.05) is 13.2 Å². The molecule has 1 aliphatic rings. The van der Waals surface area contributed by atoms with Gasteiger partial charge in [-0.25, -0.2) is 0 Å². The van der Waals surface area contributed by atoms with Crippen LogP contribution < -0.4 is 0 Å². The molecule has 1 heterocycles. The van der Waals surface area contributed by atoms with Crippen LogP contribution in [0.15, 0.2) is 0 Å². The smallest absolute Gasteiger partial charge is 0.308 e. The molecule has 4 heteroatoms. The summed E-state index contributed by atoms with van der Waals surface area (Å²) in [6.45, 7) is 4.68. The fraction of sp³-hybridized carbons (Fsp3) is 0.875. The third-order valence-electron chi connectivity index (χ3n) is 1.61. The summed E-state index contributed by atoms with van der Waals surface area (Å²) in [5.74, 6) is -0.191. The van der Waals surface area contributed by atoms with Crippen LogP contribution in [-0.4, -0.2) is 31.6 Å². The number of carbonyl (C=O) groups excluding carboxylic acids is 1. The normalized spacial score (nSPS) is 25.5. The third kappa shape index (κ3) is 2.79. The van der Waals surface area contributed by atoms with Gasteiger partial charge in [-0.15, -0.1) is 0 Å². The standard InChI is InChI=1S/C8H14O4/c1-3-10-6(2)12-7-4-8(9)11-5-7/h6-7H,3-5H2,1-2H3. The number of cyclic esters (lactones) is 1. The molecule has 1 saturated heterocycles. The van der Waals surface area contributed by atoms with Crippen molar-refractivity contribution in [1.29, 1.82) is 0 Å². The molecule has 1 rings (SSSR count). The number of esters is 1. The first-order valence-corrected chi connectivity index (χ1v) is 4.15. The monoisotopic (exact) mass is 174 g/mol. The molecular formula is C8H14O4. The average Bonchev–Trinajstić information content (AvgIpc) is 2.36.